The average molecular weight is 527 g/mol. The van der Waals surface area contributed by atoms with Gasteiger partial charge in [0.2, 0.25) is 0 Å². The molecule has 38 heavy (non-hydrogen) atoms. The van der Waals surface area contributed by atoms with E-state index in [1.165, 1.54) is 5.70 Å². The second-order valence-corrected chi connectivity index (χ2v) is 11.5. The number of piperidine rings is 1. The summed E-state index contributed by atoms with van der Waals surface area (Å²) in [5, 5.41) is 2.54. The molecule has 4 aliphatic rings. The molecule has 1 aromatic heterocycles. The second kappa shape index (κ2) is 9.45. The first kappa shape index (κ1) is 23.8. The monoisotopic (exact) mass is 526 g/mol. The maximum atomic E-state index is 13.2. The lowest BCUT2D eigenvalue weighted by Crippen LogP contribution is -2.56. The normalized spacial score (nSPS) is 23.7. The SMILES string of the molecule is COc1ccc2c(c1)nc(C1CCN([N@@+]34C=CC=C3C=C(C(=O)N3CCSC3)C4)CC1)n2-c1ccccc1. The maximum Gasteiger partial charge on any atom is 0.256 e. The van der Waals surface area contributed by atoms with Crippen molar-refractivity contribution >= 4 is 28.7 Å². The summed E-state index contributed by atoms with van der Waals surface area (Å²) >= 11 is 1.84. The molecule has 0 radical (unpaired) electrons. The highest BCUT2D eigenvalue weighted by Gasteiger charge is 2.48. The van der Waals surface area contributed by atoms with Crippen molar-refractivity contribution in [1.29, 1.82) is 0 Å². The van der Waals surface area contributed by atoms with Crippen molar-refractivity contribution in [2.75, 3.05) is 44.9 Å². The molecule has 7 nitrogen and oxygen atoms in total. The van der Waals surface area contributed by atoms with Crippen molar-refractivity contribution < 1.29 is 14.1 Å². The van der Waals surface area contributed by atoms with Crippen LogP contribution in [-0.2, 0) is 4.79 Å². The Kier molecular flexibility index (Phi) is 5.91. The minimum Gasteiger partial charge on any atom is -0.497 e. The number of ether oxygens (including phenoxy) is 1. The Bertz CT molecular complexity index is 1480. The molecule has 0 aliphatic carbocycles. The fraction of sp³-hybridized carbons (Fsp3) is 0.333. The Hall–Kier alpha value is -3.33. The number of methoxy groups -OCH3 is 1. The molecule has 2 aromatic carbocycles. The minimum atomic E-state index is 0.207. The van der Waals surface area contributed by atoms with Gasteiger partial charge in [-0.3, -0.25) is 9.36 Å². The van der Waals surface area contributed by atoms with Gasteiger partial charge in [-0.2, -0.15) is 4.59 Å². The highest BCUT2D eigenvalue weighted by Crippen LogP contribution is 2.41. The van der Waals surface area contributed by atoms with Crippen LogP contribution < -0.4 is 4.74 Å². The third kappa shape index (κ3) is 3.82. The zero-order valence-corrected chi connectivity index (χ0v) is 22.4. The van der Waals surface area contributed by atoms with Crippen LogP contribution in [-0.4, -0.2) is 74.9 Å². The van der Waals surface area contributed by atoms with E-state index in [9.17, 15) is 4.79 Å². The molecule has 3 aromatic rings. The second-order valence-electron chi connectivity index (χ2n) is 10.4. The Morgan fingerprint density at radius 2 is 1.95 bits per heavy atom. The van der Waals surface area contributed by atoms with Crippen molar-refractivity contribution in [3.05, 3.63) is 90.1 Å². The van der Waals surface area contributed by atoms with Gasteiger partial charge in [0, 0.05) is 55.2 Å². The lowest BCUT2D eigenvalue weighted by Gasteiger charge is -2.42. The van der Waals surface area contributed by atoms with Gasteiger partial charge in [-0.05, 0) is 43.2 Å². The van der Waals surface area contributed by atoms with Crippen LogP contribution in [0.1, 0.15) is 24.6 Å². The van der Waals surface area contributed by atoms with Crippen LogP contribution >= 0.6 is 11.8 Å². The number of rotatable bonds is 5. The Balaban J connectivity index is 1.15. The lowest BCUT2D eigenvalue weighted by molar-refractivity contribution is -0.949. The number of amides is 1. The van der Waals surface area contributed by atoms with Crippen molar-refractivity contribution in [2.24, 2.45) is 0 Å². The molecule has 0 unspecified atom stereocenters. The Labute approximate surface area is 227 Å². The topological polar surface area (TPSA) is 50.6 Å². The number of allylic oxidation sites excluding steroid dienone is 3. The number of carbonyl (C=O) groups is 1. The predicted octanol–water partition coefficient (Wildman–Crippen LogP) is 4.83. The quantitative estimate of drug-likeness (QED) is 0.446. The van der Waals surface area contributed by atoms with E-state index in [2.05, 4.69) is 70.4 Å². The summed E-state index contributed by atoms with van der Waals surface area (Å²) in [5.41, 5.74) is 5.36. The number of para-hydroxylation sites is 1. The first-order valence-corrected chi connectivity index (χ1v) is 14.5. The van der Waals surface area contributed by atoms with Gasteiger partial charge in [0.1, 0.15) is 24.3 Å². The van der Waals surface area contributed by atoms with Gasteiger partial charge in [0.15, 0.2) is 5.70 Å². The lowest BCUT2D eigenvalue weighted by atomic mass is 9.96. The zero-order chi connectivity index (χ0) is 25.7. The van der Waals surface area contributed by atoms with E-state index in [-0.39, 0.29) is 5.91 Å². The van der Waals surface area contributed by atoms with Crippen LogP contribution in [0.4, 0.5) is 0 Å². The molecule has 1 atom stereocenters. The van der Waals surface area contributed by atoms with Gasteiger partial charge >= 0.3 is 0 Å². The number of fused-ring (bicyclic) bond motifs is 2. The van der Waals surface area contributed by atoms with Crippen molar-refractivity contribution in [3.63, 3.8) is 0 Å². The van der Waals surface area contributed by atoms with E-state index < -0.39 is 0 Å². The molecule has 0 saturated carbocycles. The number of benzene rings is 2. The van der Waals surface area contributed by atoms with E-state index in [0.717, 1.165) is 84.5 Å². The first-order chi connectivity index (χ1) is 18.7. The number of hydrogen-bond acceptors (Lipinski definition) is 5. The van der Waals surface area contributed by atoms with Crippen molar-refractivity contribution in [2.45, 2.75) is 18.8 Å². The van der Waals surface area contributed by atoms with Gasteiger partial charge in [0.05, 0.1) is 29.6 Å². The fourth-order valence-electron chi connectivity index (χ4n) is 6.36. The van der Waals surface area contributed by atoms with Crippen LogP contribution in [0.3, 0.4) is 0 Å². The van der Waals surface area contributed by atoms with Crippen LogP contribution in [0, 0.1) is 0 Å². The number of aromatic nitrogens is 2. The molecule has 5 heterocycles. The summed E-state index contributed by atoms with van der Waals surface area (Å²) in [5.74, 6) is 4.35. The van der Waals surface area contributed by atoms with Gasteiger partial charge in [-0.25, -0.2) is 4.98 Å². The zero-order valence-electron chi connectivity index (χ0n) is 21.6. The molecule has 7 rings (SSSR count). The Morgan fingerprint density at radius 1 is 1.11 bits per heavy atom. The highest BCUT2D eigenvalue weighted by molar-refractivity contribution is 7.99. The molecule has 2 fully saturated rings. The van der Waals surface area contributed by atoms with Gasteiger partial charge < -0.3 is 9.64 Å². The van der Waals surface area contributed by atoms with E-state index in [0.29, 0.717) is 10.5 Å². The predicted molar refractivity (Wildman–Crippen MR) is 151 cm³/mol. The smallest absolute Gasteiger partial charge is 0.256 e. The molecule has 1 amide bonds. The molecular weight excluding hydrogens is 494 g/mol. The maximum absolute atomic E-state index is 13.2. The van der Waals surface area contributed by atoms with Crippen LogP contribution in [0.15, 0.2) is 84.2 Å². The van der Waals surface area contributed by atoms with E-state index in [1.54, 1.807) is 7.11 Å². The first-order valence-electron chi connectivity index (χ1n) is 13.4. The summed E-state index contributed by atoms with van der Waals surface area (Å²) in [7, 11) is 1.70. The molecule has 2 saturated heterocycles. The molecule has 0 spiro atoms. The van der Waals surface area contributed by atoms with Crippen molar-refractivity contribution in [3.8, 4) is 11.4 Å². The summed E-state index contributed by atoms with van der Waals surface area (Å²) in [6.07, 6.45) is 10.7. The number of nitrogens with zero attached hydrogens (tertiary/aromatic N) is 5. The Morgan fingerprint density at radius 3 is 2.71 bits per heavy atom. The number of carbonyl (C=O) groups excluding carboxylic acids is 1. The van der Waals surface area contributed by atoms with Gasteiger partial charge in [0.25, 0.3) is 5.91 Å². The fourth-order valence-corrected chi connectivity index (χ4v) is 7.31. The number of thioether (sulfide) groups is 1. The molecule has 4 aliphatic heterocycles. The number of quaternary nitrogens is 1. The van der Waals surface area contributed by atoms with Crippen LogP contribution in [0.5, 0.6) is 5.75 Å². The standard InChI is InChI=1S/C30H32N5O2S/c1-37-26-9-10-28-27(19-26)31-29(34(28)24-6-3-2-4-7-24)22-11-13-33(14-12-22)35-16-5-8-25(35)18-23(20-35)30(36)32-15-17-38-21-32/h2-10,16,18-19,22H,11-15,17,20-21H2,1H3/q+1/t35-/m1/s1. The summed E-state index contributed by atoms with van der Waals surface area (Å²) < 4.78 is 8.47. The third-order valence-electron chi connectivity index (χ3n) is 8.34. The van der Waals surface area contributed by atoms with E-state index in [4.69, 9.17) is 9.72 Å². The van der Waals surface area contributed by atoms with Crippen LogP contribution in [0.25, 0.3) is 16.7 Å². The highest BCUT2D eigenvalue weighted by atomic mass is 32.2. The third-order valence-corrected chi connectivity index (χ3v) is 9.30. The molecule has 8 heteroatoms. The number of imidazole rings is 1. The van der Waals surface area contributed by atoms with E-state index >= 15 is 0 Å². The number of hydrogen-bond donors (Lipinski definition) is 0. The van der Waals surface area contributed by atoms with E-state index in [1.807, 2.05) is 28.8 Å². The molecule has 0 bridgehead atoms. The minimum absolute atomic E-state index is 0.207. The van der Waals surface area contributed by atoms with Crippen molar-refractivity contribution in [1.82, 2.24) is 19.5 Å². The molecular formula is C30H32N5O2S+. The van der Waals surface area contributed by atoms with Gasteiger partial charge in [-0.1, -0.05) is 18.2 Å². The molecule has 194 valence electrons. The summed E-state index contributed by atoms with van der Waals surface area (Å²) in [6.45, 7) is 3.47. The molecule has 0 N–H and O–H groups in total. The largest absolute Gasteiger partial charge is 0.497 e. The summed E-state index contributed by atoms with van der Waals surface area (Å²) in [4.78, 5) is 20.3. The summed E-state index contributed by atoms with van der Waals surface area (Å²) in [6, 6.07) is 16.7. The van der Waals surface area contributed by atoms with Gasteiger partial charge in [-0.15, -0.1) is 16.8 Å². The average Bonchev–Trinajstić information content (AvgIpc) is 3.75. The van der Waals surface area contributed by atoms with Crippen LogP contribution in [0.2, 0.25) is 0 Å².